The van der Waals surface area contributed by atoms with Gasteiger partial charge in [-0.25, -0.2) is 9.97 Å². The van der Waals surface area contributed by atoms with Crippen molar-refractivity contribution in [1.29, 1.82) is 0 Å². The summed E-state index contributed by atoms with van der Waals surface area (Å²) in [5.74, 6) is -0.448. The molecule has 18 heavy (non-hydrogen) atoms. The molecule has 0 atom stereocenters. The van der Waals surface area contributed by atoms with Crippen LogP contribution in [0.4, 0.5) is 0 Å². The van der Waals surface area contributed by atoms with Crippen molar-refractivity contribution >= 4 is 28.6 Å². The number of ether oxygens (including phenoxy) is 1. The van der Waals surface area contributed by atoms with Crippen molar-refractivity contribution in [2.24, 2.45) is 0 Å². The van der Waals surface area contributed by atoms with Gasteiger partial charge in [-0.05, 0) is 28.7 Å². The smallest absolute Gasteiger partial charge is 0.321 e. The van der Waals surface area contributed by atoms with E-state index in [0.717, 1.165) is 3.57 Å². The average Bonchev–Trinajstić information content (AvgIpc) is 2.34. The zero-order valence-corrected chi connectivity index (χ0v) is 11.4. The summed E-state index contributed by atoms with van der Waals surface area (Å²) in [7, 11) is 0. The standard InChI is InChI=1S/C12H9IN2O3/c13-9-6-14-12(15-7-9)18-10-4-2-1-3-8(10)5-11(16)17/h1-4,6-7H,5H2,(H,16,17). The predicted octanol–water partition coefficient (Wildman–Crippen LogP) is 2.50. The summed E-state index contributed by atoms with van der Waals surface area (Å²) in [5.41, 5.74) is 0.590. The van der Waals surface area contributed by atoms with E-state index < -0.39 is 5.97 Å². The molecule has 2 rings (SSSR count). The van der Waals surface area contributed by atoms with Gasteiger partial charge in [-0.1, -0.05) is 18.2 Å². The van der Waals surface area contributed by atoms with Gasteiger partial charge in [0.05, 0.1) is 6.42 Å². The van der Waals surface area contributed by atoms with Crippen molar-refractivity contribution in [1.82, 2.24) is 9.97 Å². The summed E-state index contributed by atoms with van der Waals surface area (Å²) in [4.78, 5) is 18.7. The number of hydrogen-bond acceptors (Lipinski definition) is 4. The fraction of sp³-hybridized carbons (Fsp3) is 0.0833. The highest BCUT2D eigenvalue weighted by atomic mass is 127. The topological polar surface area (TPSA) is 72.3 Å². The molecule has 0 aliphatic rings. The van der Waals surface area contributed by atoms with Gasteiger partial charge in [-0.15, -0.1) is 0 Å². The molecule has 0 amide bonds. The molecule has 0 unspecified atom stereocenters. The lowest BCUT2D eigenvalue weighted by atomic mass is 10.1. The zero-order chi connectivity index (χ0) is 13.0. The number of halogens is 1. The van der Waals surface area contributed by atoms with Crippen LogP contribution in [0.25, 0.3) is 0 Å². The van der Waals surface area contributed by atoms with Gasteiger partial charge in [-0.3, -0.25) is 4.79 Å². The first-order valence-electron chi connectivity index (χ1n) is 5.10. The van der Waals surface area contributed by atoms with Crippen LogP contribution in [0.15, 0.2) is 36.7 Å². The van der Waals surface area contributed by atoms with Crippen LogP contribution < -0.4 is 4.74 Å². The number of nitrogens with zero attached hydrogens (tertiary/aromatic N) is 2. The number of carboxylic acid groups (broad SMARTS) is 1. The van der Waals surface area contributed by atoms with E-state index in [4.69, 9.17) is 9.84 Å². The highest BCUT2D eigenvalue weighted by Gasteiger charge is 2.09. The highest BCUT2D eigenvalue weighted by Crippen LogP contribution is 2.23. The number of carbonyl (C=O) groups is 1. The van der Waals surface area contributed by atoms with E-state index in [-0.39, 0.29) is 12.4 Å². The van der Waals surface area contributed by atoms with Crippen LogP contribution in [0, 0.1) is 3.57 Å². The molecule has 0 aliphatic heterocycles. The zero-order valence-electron chi connectivity index (χ0n) is 9.21. The summed E-state index contributed by atoms with van der Waals surface area (Å²) >= 11 is 2.09. The van der Waals surface area contributed by atoms with E-state index in [1.54, 1.807) is 36.7 Å². The summed E-state index contributed by atoms with van der Waals surface area (Å²) in [6, 6.07) is 7.14. The van der Waals surface area contributed by atoms with Gasteiger partial charge in [0.1, 0.15) is 5.75 Å². The monoisotopic (exact) mass is 356 g/mol. The maximum absolute atomic E-state index is 10.7. The van der Waals surface area contributed by atoms with Crippen LogP contribution in [-0.2, 0) is 11.2 Å². The number of carboxylic acids is 1. The fourth-order valence-electron chi connectivity index (χ4n) is 1.36. The molecule has 0 radical (unpaired) electrons. The van der Waals surface area contributed by atoms with Crippen LogP contribution in [0.5, 0.6) is 11.8 Å². The van der Waals surface area contributed by atoms with E-state index >= 15 is 0 Å². The van der Waals surface area contributed by atoms with Gasteiger partial charge in [0.25, 0.3) is 0 Å². The lowest BCUT2D eigenvalue weighted by Gasteiger charge is -2.07. The van der Waals surface area contributed by atoms with E-state index in [9.17, 15) is 4.79 Å². The SMILES string of the molecule is O=C(O)Cc1ccccc1Oc1ncc(I)cn1. The van der Waals surface area contributed by atoms with Crippen LogP contribution in [-0.4, -0.2) is 21.0 Å². The number of para-hydroxylation sites is 1. The average molecular weight is 356 g/mol. The molecule has 0 saturated carbocycles. The molecule has 1 heterocycles. The third kappa shape index (κ3) is 3.39. The Morgan fingerprint density at radius 2 is 1.94 bits per heavy atom. The minimum absolute atomic E-state index is 0.0967. The molecule has 0 fully saturated rings. The summed E-state index contributed by atoms with van der Waals surface area (Å²) in [6.07, 6.45) is 3.16. The maximum Gasteiger partial charge on any atom is 0.321 e. The Labute approximate surface area is 117 Å². The molecule has 5 nitrogen and oxygen atoms in total. The van der Waals surface area contributed by atoms with Crippen molar-refractivity contribution in [3.63, 3.8) is 0 Å². The van der Waals surface area contributed by atoms with Crippen molar-refractivity contribution in [3.8, 4) is 11.8 Å². The maximum atomic E-state index is 10.7. The normalized spacial score (nSPS) is 10.1. The number of benzene rings is 1. The van der Waals surface area contributed by atoms with Gasteiger partial charge >= 0.3 is 12.0 Å². The predicted molar refractivity (Wildman–Crippen MR) is 72.6 cm³/mol. The molecular weight excluding hydrogens is 347 g/mol. The summed E-state index contributed by atoms with van der Waals surface area (Å²) in [6.45, 7) is 0. The van der Waals surface area contributed by atoms with Gasteiger partial charge in [0, 0.05) is 21.5 Å². The van der Waals surface area contributed by atoms with Gasteiger partial charge < -0.3 is 9.84 Å². The second-order valence-electron chi connectivity index (χ2n) is 3.46. The summed E-state index contributed by atoms with van der Waals surface area (Å²) < 4.78 is 6.38. The Morgan fingerprint density at radius 3 is 2.61 bits per heavy atom. The van der Waals surface area contributed by atoms with Gasteiger partial charge in [0.15, 0.2) is 0 Å². The second-order valence-corrected chi connectivity index (χ2v) is 4.71. The van der Waals surface area contributed by atoms with Crippen molar-refractivity contribution < 1.29 is 14.6 Å². The molecule has 2 aromatic rings. The van der Waals surface area contributed by atoms with Crippen molar-refractivity contribution in [3.05, 3.63) is 45.8 Å². The number of aliphatic carboxylic acids is 1. The molecule has 0 spiro atoms. The molecule has 1 aromatic heterocycles. The van der Waals surface area contributed by atoms with E-state index in [2.05, 4.69) is 32.6 Å². The molecular formula is C12H9IN2O3. The minimum Gasteiger partial charge on any atom is -0.481 e. The number of rotatable bonds is 4. The molecule has 0 aliphatic carbocycles. The Kier molecular flexibility index (Phi) is 4.08. The Balaban J connectivity index is 2.23. The van der Waals surface area contributed by atoms with Gasteiger partial charge in [-0.2, -0.15) is 0 Å². The van der Waals surface area contributed by atoms with Gasteiger partial charge in [0.2, 0.25) is 0 Å². The molecule has 0 saturated heterocycles. The largest absolute Gasteiger partial charge is 0.481 e. The third-order valence-electron chi connectivity index (χ3n) is 2.11. The van der Waals surface area contributed by atoms with Crippen molar-refractivity contribution in [2.75, 3.05) is 0 Å². The number of hydrogen-bond donors (Lipinski definition) is 1. The lowest BCUT2D eigenvalue weighted by Crippen LogP contribution is -2.02. The van der Waals surface area contributed by atoms with E-state index in [1.807, 2.05) is 0 Å². The third-order valence-corrected chi connectivity index (χ3v) is 2.67. The summed E-state index contributed by atoms with van der Waals surface area (Å²) in [5, 5.41) is 8.81. The van der Waals surface area contributed by atoms with E-state index in [0.29, 0.717) is 11.3 Å². The highest BCUT2D eigenvalue weighted by molar-refractivity contribution is 14.1. The Morgan fingerprint density at radius 1 is 1.28 bits per heavy atom. The van der Waals surface area contributed by atoms with E-state index in [1.165, 1.54) is 0 Å². The first-order chi connectivity index (χ1) is 8.65. The minimum atomic E-state index is -0.908. The van der Waals surface area contributed by atoms with Crippen LogP contribution >= 0.6 is 22.6 Å². The van der Waals surface area contributed by atoms with Crippen LogP contribution in [0.3, 0.4) is 0 Å². The first kappa shape index (κ1) is 12.7. The molecule has 1 N–H and O–H groups in total. The molecule has 1 aromatic carbocycles. The van der Waals surface area contributed by atoms with Crippen molar-refractivity contribution in [2.45, 2.75) is 6.42 Å². The Hall–Kier alpha value is -1.70. The molecule has 92 valence electrons. The quantitative estimate of drug-likeness (QED) is 0.853. The molecule has 6 heteroatoms. The molecule has 0 bridgehead atoms. The number of aromatic nitrogens is 2. The fourth-order valence-corrected chi connectivity index (χ4v) is 1.64. The van der Waals surface area contributed by atoms with Crippen LogP contribution in [0.2, 0.25) is 0 Å². The van der Waals surface area contributed by atoms with Crippen LogP contribution in [0.1, 0.15) is 5.56 Å². The lowest BCUT2D eigenvalue weighted by molar-refractivity contribution is -0.136. The second kappa shape index (κ2) is 5.76. The first-order valence-corrected chi connectivity index (χ1v) is 6.18. The Bertz CT molecular complexity index is 558.